The molecule has 0 saturated carbocycles. The van der Waals surface area contributed by atoms with Gasteiger partial charge in [-0.3, -0.25) is 0 Å². The molecule has 1 aliphatic heterocycles. The van der Waals surface area contributed by atoms with E-state index in [1.165, 1.54) is 13.2 Å². The van der Waals surface area contributed by atoms with Crippen LogP contribution >= 0.6 is 11.6 Å². The lowest BCUT2D eigenvalue weighted by Gasteiger charge is -2.32. The second-order valence-electron chi connectivity index (χ2n) is 8.95. The number of alkyl halides is 6. The van der Waals surface area contributed by atoms with Gasteiger partial charge in [-0.2, -0.15) is 26.3 Å². The number of hydrogen-bond acceptors (Lipinski definition) is 6. The van der Waals surface area contributed by atoms with Crippen LogP contribution in [0.1, 0.15) is 27.0 Å². The fourth-order valence-corrected chi connectivity index (χ4v) is 4.10. The lowest BCUT2D eigenvalue weighted by molar-refractivity contribution is -0.143. The quantitative estimate of drug-likeness (QED) is 0.370. The first-order chi connectivity index (χ1) is 18.7. The number of nitrogens with zero attached hydrogens (tertiary/aromatic N) is 4. The minimum Gasteiger partial charge on any atom is -0.478 e. The SMILES string of the molecule is CN1CCN(c2ncc(C(=O)O)c(-c3ccccc3Cl)n2)CC1.CNCc1cc(C(F)(F)F)cc(C(F)(F)F)c1. The first-order valence-electron chi connectivity index (χ1n) is 11.9. The van der Waals surface area contributed by atoms with Crippen molar-refractivity contribution < 1.29 is 36.2 Å². The molecule has 0 aliphatic carbocycles. The van der Waals surface area contributed by atoms with Crippen molar-refractivity contribution in [1.82, 2.24) is 20.2 Å². The highest BCUT2D eigenvalue weighted by molar-refractivity contribution is 6.33. The van der Waals surface area contributed by atoms with Gasteiger partial charge in [-0.1, -0.05) is 29.8 Å². The summed E-state index contributed by atoms with van der Waals surface area (Å²) in [6.07, 6.45) is -8.21. The normalized spacial score (nSPS) is 14.5. The van der Waals surface area contributed by atoms with Crippen LogP contribution in [0.3, 0.4) is 0 Å². The fraction of sp³-hybridized carbons (Fsp3) is 0.346. The van der Waals surface area contributed by atoms with E-state index >= 15 is 0 Å². The van der Waals surface area contributed by atoms with Gasteiger partial charge in [0, 0.05) is 49.5 Å². The third kappa shape index (κ3) is 8.05. The van der Waals surface area contributed by atoms with Crippen molar-refractivity contribution in [3.05, 3.63) is 75.9 Å². The molecular weight excluding hydrogens is 564 g/mol. The van der Waals surface area contributed by atoms with E-state index in [0.717, 1.165) is 26.2 Å². The maximum Gasteiger partial charge on any atom is 0.416 e. The van der Waals surface area contributed by atoms with Crippen LogP contribution in [0.25, 0.3) is 11.3 Å². The lowest BCUT2D eigenvalue weighted by atomic mass is 10.0. The van der Waals surface area contributed by atoms with Gasteiger partial charge in [0.15, 0.2) is 0 Å². The van der Waals surface area contributed by atoms with E-state index in [1.54, 1.807) is 18.2 Å². The number of anilines is 1. The van der Waals surface area contributed by atoms with Crippen molar-refractivity contribution in [3.8, 4) is 11.3 Å². The highest BCUT2D eigenvalue weighted by Crippen LogP contribution is 2.36. The highest BCUT2D eigenvalue weighted by Gasteiger charge is 2.36. The molecule has 0 radical (unpaired) electrons. The Morgan fingerprint density at radius 1 is 1.00 bits per heavy atom. The smallest absolute Gasteiger partial charge is 0.416 e. The Hall–Kier alpha value is -3.42. The Balaban J connectivity index is 0.000000232. The first-order valence-corrected chi connectivity index (χ1v) is 12.3. The second-order valence-corrected chi connectivity index (χ2v) is 9.36. The van der Waals surface area contributed by atoms with Crippen molar-refractivity contribution in [2.24, 2.45) is 0 Å². The topological polar surface area (TPSA) is 81.6 Å². The third-order valence-corrected chi connectivity index (χ3v) is 6.28. The summed E-state index contributed by atoms with van der Waals surface area (Å²) >= 11 is 6.22. The average molecular weight is 590 g/mol. The summed E-state index contributed by atoms with van der Waals surface area (Å²) in [5.41, 5.74) is -1.64. The van der Waals surface area contributed by atoms with Gasteiger partial charge in [0.1, 0.15) is 5.56 Å². The molecule has 1 aromatic heterocycles. The van der Waals surface area contributed by atoms with Crippen LogP contribution in [-0.4, -0.2) is 66.2 Å². The number of hydrogen-bond donors (Lipinski definition) is 2. The predicted molar refractivity (Wildman–Crippen MR) is 138 cm³/mol. The van der Waals surface area contributed by atoms with E-state index in [1.807, 2.05) is 6.07 Å². The van der Waals surface area contributed by atoms with E-state index in [2.05, 4.69) is 32.1 Å². The van der Waals surface area contributed by atoms with Crippen LogP contribution in [0, 0.1) is 0 Å². The number of benzene rings is 2. The lowest BCUT2D eigenvalue weighted by Crippen LogP contribution is -2.45. The Morgan fingerprint density at radius 3 is 2.08 bits per heavy atom. The zero-order chi connectivity index (χ0) is 29.7. The molecule has 40 heavy (non-hydrogen) atoms. The average Bonchev–Trinajstić information content (AvgIpc) is 2.88. The molecule has 1 fully saturated rings. The number of aromatic carboxylic acids is 1. The third-order valence-electron chi connectivity index (χ3n) is 5.95. The molecular formula is C26H26ClF6N5O2. The molecule has 0 unspecified atom stereocenters. The maximum absolute atomic E-state index is 12.4. The highest BCUT2D eigenvalue weighted by atomic mass is 35.5. The number of rotatable bonds is 5. The summed E-state index contributed by atoms with van der Waals surface area (Å²) in [7, 11) is 3.51. The Bertz CT molecular complexity index is 1300. The summed E-state index contributed by atoms with van der Waals surface area (Å²) in [6, 6.07) is 8.61. The van der Waals surface area contributed by atoms with Crippen molar-refractivity contribution in [2.45, 2.75) is 18.9 Å². The first kappa shape index (κ1) is 31.1. The van der Waals surface area contributed by atoms with Crippen LogP contribution in [-0.2, 0) is 18.9 Å². The van der Waals surface area contributed by atoms with Gasteiger partial charge in [-0.15, -0.1) is 0 Å². The van der Waals surface area contributed by atoms with E-state index in [9.17, 15) is 36.2 Å². The monoisotopic (exact) mass is 589 g/mol. The summed E-state index contributed by atoms with van der Waals surface area (Å²) in [5.74, 6) is -0.525. The molecule has 2 aromatic carbocycles. The van der Waals surface area contributed by atoms with Crippen molar-refractivity contribution in [2.75, 3.05) is 45.2 Å². The Labute approximate surface area is 231 Å². The Morgan fingerprint density at radius 2 is 1.57 bits per heavy atom. The largest absolute Gasteiger partial charge is 0.478 e. The van der Waals surface area contributed by atoms with E-state index in [4.69, 9.17) is 11.6 Å². The van der Waals surface area contributed by atoms with Crippen molar-refractivity contribution >= 4 is 23.5 Å². The van der Waals surface area contributed by atoms with E-state index < -0.39 is 29.4 Å². The van der Waals surface area contributed by atoms with Crippen LogP contribution in [0.15, 0.2) is 48.7 Å². The Kier molecular flexibility index (Phi) is 9.98. The van der Waals surface area contributed by atoms with Gasteiger partial charge in [0.25, 0.3) is 0 Å². The van der Waals surface area contributed by atoms with Crippen LogP contribution in [0.2, 0.25) is 5.02 Å². The minimum absolute atomic E-state index is 0.0518. The van der Waals surface area contributed by atoms with Gasteiger partial charge in [0.05, 0.1) is 16.8 Å². The summed E-state index contributed by atoms with van der Waals surface area (Å²) in [5, 5.41) is 12.4. The summed E-state index contributed by atoms with van der Waals surface area (Å²) in [4.78, 5) is 24.5. The van der Waals surface area contributed by atoms with Crippen molar-refractivity contribution in [3.63, 3.8) is 0 Å². The molecule has 3 aromatic rings. The molecule has 0 spiro atoms. The zero-order valence-corrected chi connectivity index (χ0v) is 22.2. The molecule has 2 heterocycles. The van der Waals surface area contributed by atoms with E-state index in [-0.39, 0.29) is 23.7 Å². The number of halogens is 7. The second kappa shape index (κ2) is 12.8. The van der Waals surface area contributed by atoms with E-state index in [0.29, 0.717) is 34.4 Å². The number of nitrogens with one attached hydrogen (secondary N) is 1. The van der Waals surface area contributed by atoms with Crippen LogP contribution < -0.4 is 10.2 Å². The number of carboxylic acid groups (broad SMARTS) is 1. The molecule has 216 valence electrons. The molecule has 0 amide bonds. The van der Waals surface area contributed by atoms with Crippen LogP contribution in [0.4, 0.5) is 32.3 Å². The molecule has 4 rings (SSSR count). The number of piperazine rings is 1. The van der Waals surface area contributed by atoms with Crippen LogP contribution in [0.5, 0.6) is 0 Å². The molecule has 0 atom stereocenters. The maximum atomic E-state index is 12.4. The van der Waals surface area contributed by atoms with Gasteiger partial charge >= 0.3 is 18.3 Å². The minimum atomic E-state index is -4.79. The van der Waals surface area contributed by atoms with Gasteiger partial charge in [0.2, 0.25) is 5.95 Å². The molecule has 1 saturated heterocycles. The molecule has 14 heteroatoms. The number of carboxylic acids is 1. The number of carbonyl (C=O) groups is 1. The van der Waals surface area contributed by atoms with Gasteiger partial charge in [-0.25, -0.2) is 14.8 Å². The van der Waals surface area contributed by atoms with Gasteiger partial charge in [-0.05, 0) is 43.9 Å². The summed E-state index contributed by atoms with van der Waals surface area (Å²) in [6.45, 7) is 3.40. The molecule has 2 N–H and O–H groups in total. The molecule has 0 bridgehead atoms. The molecule has 7 nitrogen and oxygen atoms in total. The zero-order valence-electron chi connectivity index (χ0n) is 21.4. The number of likely N-dealkylation sites (N-methyl/N-ethyl adjacent to an activating group) is 1. The standard InChI is InChI=1S/C16H17ClN4O2.C10H9F6N/c1-20-6-8-21(9-7-20)16-18-10-12(15(22)23)14(19-16)11-4-2-3-5-13(11)17;1-17-5-6-2-7(9(11,12)13)4-8(3-6)10(14,15)16/h2-5,10H,6-9H2,1H3,(H,22,23);2-4,17H,5H2,1H3. The number of aromatic nitrogens is 2. The molecule has 1 aliphatic rings. The predicted octanol–water partition coefficient (Wildman–Crippen LogP) is 5.69. The van der Waals surface area contributed by atoms with Crippen molar-refractivity contribution in [1.29, 1.82) is 0 Å². The summed E-state index contributed by atoms with van der Waals surface area (Å²) < 4.78 is 74.3. The fourth-order valence-electron chi connectivity index (χ4n) is 3.87. The van der Waals surface area contributed by atoms with Gasteiger partial charge < -0.3 is 20.2 Å².